The Morgan fingerprint density at radius 2 is 2.18 bits per heavy atom. The van der Waals surface area contributed by atoms with E-state index in [1.165, 1.54) is 0 Å². The van der Waals surface area contributed by atoms with E-state index in [1.807, 2.05) is 28.8 Å². The van der Waals surface area contributed by atoms with Crippen LogP contribution in [-0.4, -0.2) is 27.6 Å². The molecular weight excluding hydrogens is 278 g/mol. The third-order valence-corrected chi connectivity index (χ3v) is 3.60. The van der Waals surface area contributed by atoms with Gasteiger partial charge in [-0.15, -0.1) is 10.2 Å². The molecule has 2 heterocycles. The van der Waals surface area contributed by atoms with Crippen LogP contribution >= 0.6 is 0 Å². The molecule has 0 aliphatic carbocycles. The Kier molecular flexibility index (Phi) is 3.91. The van der Waals surface area contributed by atoms with E-state index in [0.717, 1.165) is 16.9 Å². The summed E-state index contributed by atoms with van der Waals surface area (Å²) in [4.78, 5) is 4.45. The fraction of sp³-hybridized carbons (Fsp3) is 0.312. The minimum Gasteiger partial charge on any atom is -0.493 e. The van der Waals surface area contributed by atoms with Crippen molar-refractivity contribution in [2.45, 2.75) is 26.3 Å². The molecule has 0 atom stereocenters. The molecule has 0 spiro atoms. The number of rotatable bonds is 3. The predicted molar refractivity (Wildman–Crippen MR) is 86.2 cm³/mol. The van der Waals surface area contributed by atoms with Crippen molar-refractivity contribution in [2.24, 2.45) is 10.7 Å². The lowest BCUT2D eigenvalue weighted by Gasteiger charge is -2.07. The van der Waals surface area contributed by atoms with E-state index in [2.05, 4.69) is 29.0 Å². The molecule has 1 aromatic heterocycles. The average molecular weight is 297 g/mol. The number of hydrogen-bond donors (Lipinski definition) is 1. The number of nitrogens with zero attached hydrogens (tertiary/aromatic N) is 4. The smallest absolute Gasteiger partial charge is 0.250 e. The molecule has 0 unspecified atom stereocenters. The summed E-state index contributed by atoms with van der Waals surface area (Å²) < 4.78 is 7.64. The first kappa shape index (κ1) is 14.3. The monoisotopic (exact) mass is 297 g/mol. The second-order valence-corrected chi connectivity index (χ2v) is 5.42. The van der Waals surface area contributed by atoms with Crippen LogP contribution in [0.3, 0.4) is 0 Å². The number of fused-ring (bicyclic) bond motifs is 1. The van der Waals surface area contributed by atoms with Gasteiger partial charge in [0.25, 0.3) is 5.95 Å². The van der Waals surface area contributed by atoms with E-state index in [-0.39, 0.29) is 6.04 Å². The first-order valence-corrected chi connectivity index (χ1v) is 7.31. The quantitative estimate of drug-likeness (QED) is 0.883. The van der Waals surface area contributed by atoms with E-state index in [1.54, 1.807) is 12.5 Å². The zero-order valence-electron chi connectivity index (χ0n) is 12.7. The Labute approximate surface area is 129 Å². The number of benzene rings is 1. The fourth-order valence-electron chi connectivity index (χ4n) is 2.36. The Hall–Kier alpha value is -2.63. The largest absolute Gasteiger partial charge is 0.493 e. The topological polar surface area (TPSA) is 78.3 Å². The maximum atomic E-state index is 6.29. The van der Waals surface area contributed by atoms with Crippen LogP contribution in [0.25, 0.3) is 5.70 Å². The van der Waals surface area contributed by atoms with Gasteiger partial charge < -0.3 is 10.5 Å². The Balaban J connectivity index is 1.94. The minimum absolute atomic E-state index is 0.256. The molecule has 1 aromatic carbocycles. The third-order valence-electron chi connectivity index (χ3n) is 3.60. The van der Waals surface area contributed by atoms with Crippen molar-refractivity contribution in [1.82, 2.24) is 14.8 Å². The van der Waals surface area contributed by atoms with Crippen LogP contribution in [0.15, 0.2) is 41.2 Å². The van der Waals surface area contributed by atoms with Gasteiger partial charge >= 0.3 is 0 Å². The second-order valence-electron chi connectivity index (χ2n) is 5.42. The summed E-state index contributed by atoms with van der Waals surface area (Å²) in [7, 11) is 0. The summed E-state index contributed by atoms with van der Waals surface area (Å²) in [6, 6.07) is 8.03. The first-order valence-electron chi connectivity index (χ1n) is 7.31. The standard InChI is InChI=1S/C16H19N5O/c1-11(2)21-10-19-20-16(21)18-9-12-7-8-22-14-6-4-3-5-13(14)15(12)17/h3-6,9-11H,7-8,17H2,1-2H3. The van der Waals surface area contributed by atoms with Crippen LogP contribution in [0.1, 0.15) is 31.9 Å². The van der Waals surface area contributed by atoms with Crippen LogP contribution in [0.2, 0.25) is 0 Å². The van der Waals surface area contributed by atoms with Gasteiger partial charge in [0.1, 0.15) is 12.1 Å². The Bertz CT molecular complexity index is 730. The molecule has 6 nitrogen and oxygen atoms in total. The molecule has 0 radical (unpaired) electrons. The number of aromatic nitrogens is 3. The zero-order valence-corrected chi connectivity index (χ0v) is 12.7. The highest BCUT2D eigenvalue weighted by Crippen LogP contribution is 2.29. The molecule has 0 fully saturated rings. The van der Waals surface area contributed by atoms with Crippen molar-refractivity contribution in [2.75, 3.05) is 6.61 Å². The normalized spacial score (nSPS) is 15.0. The van der Waals surface area contributed by atoms with Crippen LogP contribution in [0, 0.1) is 0 Å². The lowest BCUT2D eigenvalue weighted by atomic mass is 10.1. The molecule has 1 aliphatic rings. The maximum absolute atomic E-state index is 6.29. The third kappa shape index (κ3) is 2.72. The fourth-order valence-corrected chi connectivity index (χ4v) is 2.36. The van der Waals surface area contributed by atoms with Crippen molar-refractivity contribution < 1.29 is 4.74 Å². The van der Waals surface area contributed by atoms with E-state index in [9.17, 15) is 0 Å². The molecule has 22 heavy (non-hydrogen) atoms. The average Bonchev–Trinajstić information content (AvgIpc) is 2.93. The molecule has 114 valence electrons. The van der Waals surface area contributed by atoms with Gasteiger partial charge in [-0.3, -0.25) is 4.57 Å². The van der Waals surface area contributed by atoms with Gasteiger partial charge in [-0.2, -0.15) is 0 Å². The summed E-state index contributed by atoms with van der Waals surface area (Å²) >= 11 is 0. The van der Waals surface area contributed by atoms with Gasteiger partial charge in [-0.1, -0.05) is 12.1 Å². The Morgan fingerprint density at radius 3 is 3.00 bits per heavy atom. The molecule has 0 bridgehead atoms. The first-order chi connectivity index (χ1) is 10.7. The molecule has 2 aromatic rings. The Morgan fingerprint density at radius 1 is 1.36 bits per heavy atom. The van der Waals surface area contributed by atoms with Crippen molar-refractivity contribution in [1.29, 1.82) is 0 Å². The molecule has 0 saturated heterocycles. The van der Waals surface area contributed by atoms with Gasteiger partial charge in [0, 0.05) is 29.9 Å². The highest BCUT2D eigenvalue weighted by molar-refractivity contribution is 5.92. The van der Waals surface area contributed by atoms with Crippen LogP contribution < -0.4 is 10.5 Å². The van der Waals surface area contributed by atoms with Crippen molar-refractivity contribution in [3.05, 3.63) is 41.7 Å². The SMILES string of the molecule is CC(C)n1cnnc1N=CC1=C(N)c2ccccc2OCC1. The highest BCUT2D eigenvalue weighted by Gasteiger charge is 2.14. The molecule has 2 N–H and O–H groups in total. The van der Waals surface area contributed by atoms with E-state index in [0.29, 0.717) is 24.7 Å². The lowest BCUT2D eigenvalue weighted by molar-refractivity contribution is 0.325. The summed E-state index contributed by atoms with van der Waals surface area (Å²) in [5, 5.41) is 7.94. The number of ether oxygens (including phenoxy) is 1. The summed E-state index contributed by atoms with van der Waals surface area (Å²) in [6.07, 6.45) is 4.16. The van der Waals surface area contributed by atoms with Gasteiger partial charge in [0.2, 0.25) is 0 Å². The molecule has 0 amide bonds. The molecule has 0 saturated carbocycles. The number of para-hydroxylation sites is 1. The molecular formula is C16H19N5O. The number of hydrogen-bond acceptors (Lipinski definition) is 5. The van der Waals surface area contributed by atoms with Gasteiger partial charge in [0.05, 0.1) is 6.61 Å². The number of aliphatic imine (C=N–C) groups is 1. The van der Waals surface area contributed by atoms with Crippen molar-refractivity contribution in [3.8, 4) is 5.75 Å². The van der Waals surface area contributed by atoms with E-state index >= 15 is 0 Å². The number of nitrogens with two attached hydrogens (primary N) is 1. The zero-order chi connectivity index (χ0) is 15.5. The van der Waals surface area contributed by atoms with E-state index < -0.39 is 0 Å². The van der Waals surface area contributed by atoms with Crippen molar-refractivity contribution in [3.63, 3.8) is 0 Å². The summed E-state index contributed by atoms with van der Waals surface area (Å²) in [5.74, 6) is 1.39. The van der Waals surface area contributed by atoms with Crippen LogP contribution in [-0.2, 0) is 0 Å². The van der Waals surface area contributed by atoms with Gasteiger partial charge in [0.15, 0.2) is 0 Å². The summed E-state index contributed by atoms with van der Waals surface area (Å²) in [5.41, 5.74) is 8.85. The summed E-state index contributed by atoms with van der Waals surface area (Å²) in [6.45, 7) is 4.70. The second kappa shape index (κ2) is 6.01. The van der Waals surface area contributed by atoms with Gasteiger partial charge in [-0.05, 0) is 31.6 Å². The maximum Gasteiger partial charge on any atom is 0.250 e. The lowest BCUT2D eigenvalue weighted by Crippen LogP contribution is -2.03. The van der Waals surface area contributed by atoms with Crippen molar-refractivity contribution >= 4 is 17.9 Å². The molecule has 3 rings (SSSR count). The van der Waals surface area contributed by atoms with Crippen LogP contribution in [0.4, 0.5) is 5.95 Å². The minimum atomic E-state index is 0.256. The molecule has 1 aliphatic heterocycles. The predicted octanol–water partition coefficient (Wildman–Crippen LogP) is 2.71. The molecule has 6 heteroatoms. The van der Waals surface area contributed by atoms with E-state index in [4.69, 9.17) is 10.5 Å². The van der Waals surface area contributed by atoms with Gasteiger partial charge in [-0.25, -0.2) is 4.99 Å². The highest BCUT2D eigenvalue weighted by atomic mass is 16.5. The van der Waals surface area contributed by atoms with Crippen LogP contribution in [0.5, 0.6) is 5.75 Å².